The molecule has 0 radical (unpaired) electrons. The van der Waals surface area contributed by atoms with Crippen LogP contribution in [-0.4, -0.2) is 20.2 Å². The number of aryl methyl sites for hydroxylation is 2. The van der Waals surface area contributed by atoms with Crippen LogP contribution in [0.4, 0.5) is 0 Å². The number of benzene rings is 1. The van der Waals surface area contributed by atoms with Gasteiger partial charge in [-0.05, 0) is 37.5 Å². The van der Waals surface area contributed by atoms with Crippen molar-refractivity contribution in [2.45, 2.75) is 26.7 Å². The van der Waals surface area contributed by atoms with Gasteiger partial charge in [-0.2, -0.15) is 0 Å². The Hall–Kier alpha value is -1.51. The molecule has 1 aromatic carbocycles. The third-order valence-electron chi connectivity index (χ3n) is 2.74. The molecule has 0 amide bonds. The molecule has 3 nitrogen and oxygen atoms in total. The summed E-state index contributed by atoms with van der Waals surface area (Å²) in [5.41, 5.74) is 3.03. The third-order valence-corrected chi connectivity index (χ3v) is 2.74. The van der Waals surface area contributed by atoms with E-state index in [-0.39, 0.29) is 11.9 Å². The summed E-state index contributed by atoms with van der Waals surface area (Å²) in [5.74, 6) is 0.415. The highest BCUT2D eigenvalue weighted by atomic mass is 16.5. The van der Waals surface area contributed by atoms with Crippen LogP contribution >= 0.6 is 0 Å². The van der Waals surface area contributed by atoms with E-state index in [1.165, 1.54) is 7.11 Å². The van der Waals surface area contributed by atoms with Crippen LogP contribution in [-0.2, 0) is 9.53 Å². The monoisotopic (exact) mass is 222 g/mol. The van der Waals surface area contributed by atoms with Crippen LogP contribution in [0.25, 0.3) is 0 Å². The third kappa shape index (κ3) is 2.35. The molecule has 0 spiro atoms. The Labute approximate surface area is 96.4 Å². The number of esters is 1. The molecule has 0 saturated heterocycles. The first kappa shape index (κ1) is 12.6. The van der Waals surface area contributed by atoms with E-state index < -0.39 is 0 Å². The summed E-state index contributed by atoms with van der Waals surface area (Å²) >= 11 is 0. The Bertz CT molecular complexity index is 373. The second-order valence-electron chi connectivity index (χ2n) is 3.93. The van der Waals surface area contributed by atoms with Gasteiger partial charge < -0.3 is 9.47 Å². The minimum Gasteiger partial charge on any atom is -0.496 e. The molecule has 88 valence electrons. The minimum absolute atomic E-state index is 0.219. The zero-order valence-corrected chi connectivity index (χ0v) is 10.5. The largest absolute Gasteiger partial charge is 0.496 e. The number of rotatable bonds is 3. The Kier molecular flexibility index (Phi) is 3.93. The van der Waals surface area contributed by atoms with Crippen molar-refractivity contribution in [2.24, 2.45) is 0 Å². The van der Waals surface area contributed by atoms with Gasteiger partial charge in [0, 0.05) is 0 Å². The van der Waals surface area contributed by atoms with E-state index in [0.29, 0.717) is 0 Å². The molecule has 0 heterocycles. The fourth-order valence-corrected chi connectivity index (χ4v) is 1.87. The fourth-order valence-electron chi connectivity index (χ4n) is 1.87. The van der Waals surface area contributed by atoms with Gasteiger partial charge in [-0.1, -0.05) is 12.1 Å². The first-order valence-electron chi connectivity index (χ1n) is 5.24. The van der Waals surface area contributed by atoms with E-state index in [9.17, 15) is 4.79 Å². The SMILES string of the molecule is COC(=O)C(C)c1cc(C)c(OC)c(C)c1. The van der Waals surface area contributed by atoms with Crippen LogP contribution in [0.5, 0.6) is 5.75 Å². The normalized spacial score (nSPS) is 12.1. The number of hydrogen-bond donors (Lipinski definition) is 0. The average molecular weight is 222 g/mol. The van der Waals surface area contributed by atoms with Crippen LogP contribution in [0.1, 0.15) is 29.5 Å². The smallest absolute Gasteiger partial charge is 0.312 e. The summed E-state index contributed by atoms with van der Waals surface area (Å²) in [5, 5.41) is 0. The number of carbonyl (C=O) groups is 1. The Balaban J connectivity index is 3.13. The topological polar surface area (TPSA) is 35.5 Å². The molecule has 0 N–H and O–H groups in total. The van der Waals surface area contributed by atoms with E-state index in [1.807, 2.05) is 32.9 Å². The molecule has 0 fully saturated rings. The summed E-state index contributed by atoms with van der Waals surface area (Å²) in [6, 6.07) is 3.93. The van der Waals surface area contributed by atoms with Gasteiger partial charge in [-0.3, -0.25) is 4.79 Å². The highest BCUT2D eigenvalue weighted by Crippen LogP contribution is 2.28. The van der Waals surface area contributed by atoms with Crippen LogP contribution in [0.15, 0.2) is 12.1 Å². The van der Waals surface area contributed by atoms with E-state index in [4.69, 9.17) is 9.47 Å². The van der Waals surface area contributed by atoms with Gasteiger partial charge in [-0.25, -0.2) is 0 Å². The predicted octanol–water partition coefficient (Wildman–Crippen LogP) is 2.59. The molecule has 0 aliphatic heterocycles. The van der Waals surface area contributed by atoms with Crippen LogP contribution in [0, 0.1) is 13.8 Å². The van der Waals surface area contributed by atoms with Crippen LogP contribution < -0.4 is 4.74 Å². The van der Waals surface area contributed by atoms with E-state index in [1.54, 1.807) is 7.11 Å². The fraction of sp³-hybridized carbons (Fsp3) is 0.462. The molecule has 3 heteroatoms. The average Bonchev–Trinajstić information content (AvgIpc) is 2.26. The lowest BCUT2D eigenvalue weighted by Crippen LogP contribution is -2.11. The molecule has 0 aromatic heterocycles. The molecule has 1 aromatic rings. The van der Waals surface area contributed by atoms with Crippen molar-refractivity contribution in [3.63, 3.8) is 0 Å². The molecule has 1 atom stereocenters. The van der Waals surface area contributed by atoms with Crippen molar-refractivity contribution in [1.82, 2.24) is 0 Å². The molecule has 1 unspecified atom stereocenters. The minimum atomic E-state index is -0.242. The molecule has 0 aliphatic carbocycles. The van der Waals surface area contributed by atoms with Gasteiger partial charge in [0.15, 0.2) is 0 Å². The summed E-state index contributed by atoms with van der Waals surface area (Å²) < 4.78 is 10.0. The molecule has 16 heavy (non-hydrogen) atoms. The molecule has 0 bridgehead atoms. The lowest BCUT2D eigenvalue weighted by Gasteiger charge is -2.14. The second kappa shape index (κ2) is 5.01. The van der Waals surface area contributed by atoms with Gasteiger partial charge in [0.1, 0.15) is 5.75 Å². The van der Waals surface area contributed by atoms with Gasteiger partial charge in [-0.15, -0.1) is 0 Å². The van der Waals surface area contributed by atoms with Crippen molar-refractivity contribution in [3.8, 4) is 5.75 Å². The van der Waals surface area contributed by atoms with Crippen molar-refractivity contribution < 1.29 is 14.3 Å². The number of carbonyl (C=O) groups excluding carboxylic acids is 1. The Morgan fingerprint density at radius 1 is 1.19 bits per heavy atom. The Morgan fingerprint density at radius 3 is 2.06 bits per heavy atom. The number of ether oxygens (including phenoxy) is 2. The second-order valence-corrected chi connectivity index (χ2v) is 3.93. The summed E-state index contributed by atoms with van der Waals surface area (Å²) in [6.07, 6.45) is 0. The quantitative estimate of drug-likeness (QED) is 0.737. The zero-order valence-electron chi connectivity index (χ0n) is 10.5. The summed E-state index contributed by atoms with van der Waals surface area (Å²) in [4.78, 5) is 11.4. The van der Waals surface area contributed by atoms with Gasteiger partial charge >= 0.3 is 5.97 Å². The maximum atomic E-state index is 11.4. The Morgan fingerprint density at radius 2 is 1.69 bits per heavy atom. The van der Waals surface area contributed by atoms with Crippen molar-refractivity contribution in [1.29, 1.82) is 0 Å². The van der Waals surface area contributed by atoms with Gasteiger partial charge in [0.25, 0.3) is 0 Å². The van der Waals surface area contributed by atoms with Gasteiger partial charge in [0.2, 0.25) is 0 Å². The molecular formula is C13H18O3. The molecule has 0 saturated carbocycles. The van der Waals surface area contributed by atoms with E-state index >= 15 is 0 Å². The first-order valence-corrected chi connectivity index (χ1v) is 5.24. The lowest BCUT2D eigenvalue weighted by molar-refractivity contribution is -0.141. The molecule has 0 aliphatic rings. The van der Waals surface area contributed by atoms with Crippen molar-refractivity contribution in [3.05, 3.63) is 28.8 Å². The summed E-state index contributed by atoms with van der Waals surface area (Å²) in [6.45, 7) is 5.78. The zero-order chi connectivity index (χ0) is 12.3. The molecular weight excluding hydrogens is 204 g/mol. The van der Waals surface area contributed by atoms with Crippen LogP contribution in [0.2, 0.25) is 0 Å². The predicted molar refractivity (Wildman–Crippen MR) is 62.9 cm³/mol. The van der Waals surface area contributed by atoms with E-state index in [2.05, 4.69) is 0 Å². The highest BCUT2D eigenvalue weighted by Gasteiger charge is 2.17. The highest BCUT2D eigenvalue weighted by molar-refractivity contribution is 5.77. The maximum absolute atomic E-state index is 11.4. The summed E-state index contributed by atoms with van der Waals surface area (Å²) in [7, 11) is 3.06. The first-order chi connectivity index (χ1) is 7.51. The molecule has 1 rings (SSSR count). The van der Waals surface area contributed by atoms with Gasteiger partial charge in [0.05, 0.1) is 20.1 Å². The van der Waals surface area contributed by atoms with Crippen molar-refractivity contribution >= 4 is 5.97 Å². The maximum Gasteiger partial charge on any atom is 0.312 e. The number of methoxy groups -OCH3 is 2. The lowest BCUT2D eigenvalue weighted by atomic mass is 9.96. The van der Waals surface area contributed by atoms with Crippen LogP contribution in [0.3, 0.4) is 0 Å². The standard InChI is InChI=1S/C13H18O3/c1-8-6-11(10(3)13(14)16-5)7-9(2)12(8)15-4/h6-7,10H,1-5H3. The van der Waals surface area contributed by atoms with E-state index in [0.717, 1.165) is 22.4 Å². The number of hydrogen-bond acceptors (Lipinski definition) is 3. The van der Waals surface area contributed by atoms with Crippen molar-refractivity contribution in [2.75, 3.05) is 14.2 Å².